The van der Waals surface area contributed by atoms with Gasteiger partial charge in [-0.15, -0.1) is 0 Å². The number of aromatic nitrogens is 22. The summed E-state index contributed by atoms with van der Waals surface area (Å²) in [5.41, 5.74) is 5.93. The number of methoxy groups -OCH3 is 2. The Morgan fingerprint density at radius 1 is 0.340 bits per heavy atom. The smallest absolute Gasteiger partial charge is 0.450 e. The van der Waals surface area contributed by atoms with Gasteiger partial charge in [-0.2, -0.15) is 72.7 Å². The van der Waals surface area contributed by atoms with Crippen LogP contribution in [-0.2, 0) is 24.7 Å². The van der Waals surface area contributed by atoms with E-state index in [0.29, 0.717) is 73.8 Å². The molecule has 0 saturated carbocycles. The van der Waals surface area contributed by atoms with E-state index in [1.165, 1.54) is 83.2 Å². The molecule has 0 unspecified atom stereocenters. The van der Waals surface area contributed by atoms with Crippen molar-refractivity contribution >= 4 is 125 Å². The van der Waals surface area contributed by atoms with E-state index in [9.17, 15) is 57.1 Å². The van der Waals surface area contributed by atoms with Gasteiger partial charge in [0.25, 0.3) is 0 Å². The van der Waals surface area contributed by atoms with Crippen LogP contribution in [0.1, 0.15) is 40.0 Å². The number of alkyl halides is 12. The fraction of sp³-hybridized carbons (Fsp3) is 0.0928. The van der Waals surface area contributed by atoms with Crippen molar-refractivity contribution in [1.29, 1.82) is 0 Å². The third-order valence-electron chi connectivity index (χ3n) is 20.8. The van der Waals surface area contributed by atoms with Crippen LogP contribution >= 0.6 is 23.2 Å². The molecule has 0 radical (unpaired) electrons. The lowest BCUT2D eigenvalue weighted by atomic mass is 10.2. The second kappa shape index (κ2) is 40.4. The van der Waals surface area contributed by atoms with Crippen LogP contribution < -0.4 is 36.1 Å². The number of para-hydroxylation sites is 6. The van der Waals surface area contributed by atoms with Crippen molar-refractivity contribution in [2.24, 2.45) is 0 Å². The number of fused-ring (bicyclic) bond motifs is 5. The van der Waals surface area contributed by atoms with Gasteiger partial charge >= 0.3 is 24.7 Å². The van der Waals surface area contributed by atoms with E-state index in [1.807, 2.05) is 133 Å². The average molecular weight is 1960 g/mol. The van der Waals surface area contributed by atoms with Crippen LogP contribution in [0.5, 0.6) is 11.5 Å². The van der Waals surface area contributed by atoms with Crippen LogP contribution in [0, 0.1) is 26.6 Å². The number of nitrogens with zero attached hydrogens (tertiary/aromatic N) is 22. The van der Waals surface area contributed by atoms with Crippen molar-refractivity contribution in [2.45, 2.75) is 45.5 Å². The van der Waals surface area contributed by atoms with Gasteiger partial charge in [-0.3, -0.25) is 22.5 Å². The molecular weight excluding hydrogens is 1890 g/mol. The molecule has 0 bridgehead atoms. The number of anilines is 10. The van der Waals surface area contributed by atoms with Crippen LogP contribution in [0.2, 0.25) is 10.0 Å². The van der Waals surface area contributed by atoms with Gasteiger partial charge in [0, 0.05) is 78.0 Å². The molecule has 710 valence electrons. The maximum absolute atomic E-state index is 14.2. The van der Waals surface area contributed by atoms with Crippen LogP contribution in [0.4, 0.5) is 115 Å². The molecule has 141 heavy (non-hydrogen) atoms. The van der Waals surface area contributed by atoms with Crippen molar-refractivity contribution in [3.05, 3.63) is 360 Å². The number of halogens is 15. The summed E-state index contributed by atoms with van der Waals surface area (Å²) >= 11 is 12.3. The minimum absolute atomic E-state index is 0.0795. The molecule has 0 aliphatic carbocycles. The van der Waals surface area contributed by atoms with Gasteiger partial charge in [0.1, 0.15) is 69.1 Å². The fourth-order valence-corrected chi connectivity index (χ4v) is 14.9. The normalized spacial score (nSPS) is 11.5. The van der Waals surface area contributed by atoms with E-state index in [4.69, 9.17) is 32.7 Å². The molecule has 0 aliphatic heterocycles. The summed E-state index contributed by atoms with van der Waals surface area (Å²) in [5.74, 6) is 2.83. The highest BCUT2D eigenvalue weighted by Crippen LogP contribution is 2.41. The van der Waals surface area contributed by atoms with E-state index in [0.717, 1.165) is 79.2 Å². The molecule has 8 aromatic carbocycles. The maximum atomic E-state index is 14.2. The zero-order valence-electron chi connectivity index (χ0n) is 73.7. The predicted octanol–water partition coefficient (Wildman–Crippen LogP) is 24.4. The second-order valence-electron chi connectivity index (χ2n) is 30.3. The highest BCUT2D eigenvalue weighted by atomic mass is 35.5. The number of ether oxygens (including phenoxy) is 2. The standard InChI is InChI=1S/C21H14F3N7.C19H13ClF3N5O.C19H16ClN5O.C19H13F4N5.C19H14F3N5/c22-21(23,24)19-18(30-12-2-1-4-17(30)29-19)20-25-11-9-16(28-20)27-14-5-7-15(8-6-14)31-13-3-10-26-31;1-29-15-7-6-11(10-12(15)20)25-16-8-9-24-18(27-16)28-14-5-3-2-4-13(14)26-17(28)19(21,22)23;1-12-22-15-5-3-4-6-16(15)25(12)19-21-10-9-18(24-19)23-13-7-8-17(26-2)14(20)11-13;1-11-5-7-12(8-6-11)25-17-13(20)10-24-18(27-17)15-16(19(21,22)23)26-14-4-2-3-9-28(14)15;1-12-24-15-4-2-3-5-16(15)27(12)18-23-11-10-17(26-18)25-14-8-6-13(7-9-14)19(20,21)22/h1-13H,(H,25,27,28);2-10H,1H3,(H,24,25,27);3-11H,1-2H3,(H,21,23,24);2-10H,1H3,(H,24,25,27);2-11H,1H3,(H,23,25,26). The van der Waals surface area contributed by atoms with E-state index in [2.05, 4.69) is 106 Å². The first kappa shape index (κ1) is 95.2. The lowest BCUT2D eigenvalue weighted by Crippen LogP contribution is -2.15. The summed E-state index contributed by atoms with van der Waals surface area (Å²) in [6.45, 7) is 5.70. The van der Waals surface area contributed by atoms with Gasteiger partial charge in [0.2, 0.25) is 23.7 Å². The highest BCUT2D eigenvalue weighted by molar-refractivity contribution is 6.32. The van der Waals surface area contributed by atoms with Crippen molar-refractivity contribution < 1.29 is 66.5 Å². The van der Waals surface area contributed by atoms with Gasteiger partial charge in [-0.1, -0.05) is 89.4 Å². The molecule has 0 amide bonds. The molecule has 0 atom stereocenters. The van der Waals surface area contributed by atoms with Crippen molar-refractivity contribution in [3.8, 4) is 58.1 Å². The van der Waals surface area contributed by atoms with E-state index in [1.54, 1.807) is 127 Å². The highest BCUT2D eigenvalue weighted by Gasteiger charge is 2.42. The molecular formula is C97H70Cl2F13N27O2. The number of aryl methyl sites for hydroxylation is 3. The topological polar surface area (TPSA) is 313 Å². The van der Waals surface area contributed by atoms with Crippen LogP contribution in [0.3, 0.4) is 0 Å². The van der Waals surface area contributed by atoms with E-state index < -0.39 is 53.3 Å². The van der Waals surface area contributed by atoms with Crippen LogP contribution in [0.15, 0.2) is 304 Å². The second-order valence-corrected chi connectivity index (χ2v) is 31.2. The van der Waals surface area contributed by atoms with Crippen molar-refractivity contribution in [2.75, 3.05) is 40.8 Å². The molecule has 44 heteroatoms. The van der Waals surface area contributed by atoms with Crippen molar-refractivity contribution in [3.63, 3.8) is 0 Å². The number of imidazole rings is 5. The maximum Gasteiger partial charge on any atom is 0.450 e. The average Bonchev–Trinajstić information content (AvgIpc) is 1.62. The number of hydrogen-bond donors (Lipinski definition) is 5. The number of pyridine rings is 2. The van der Waals surface area contributed by atoms with Crippen LogP contribution in [-0.4, -0.2) is 121 Å². The zero-order valence-corrected chi connectivity index (χ0v) is 75.2. The Kier molecular flexibility index (Phi) is 27.3. The quantitative estimate of drug-likeness (QED) is 0.0498. The molecule has 21 aromatic rings. The molecule has 5 N–H and O–H groups in total. The fourth-order valence-electron chi connectivity index (χ4n) is 14.4. The molecule has 0 fully saturated rings. The third kappa shape index (κ3) is 21.8. The first-order chi connectivity index (χ1) is 67.7. The monoisotopic (exact) mass is 1960 g/mol. The third-order valence-corrected chi connectivity index (χ3v) is 21.4. The number of nitrogens with one attached hydrogen (secondary N) is 5. The van der Waals surface area contributed by atoms with Gasteiger partial charge in [-0.25, -0.2) is 68.9 Å². The summed E-state index contributed by atoms with van der Waals surface area (Å²) in [5, 5.41) is 20.2. The number of benzene rings is 8. The molecule has 0 spiro atoms. The number of hydrogen-bond acceptors (Lipinski definition) is 23. The summed E-state index contributed by atoms with van der Waals surface area (Å²) in [7, 11) is 3.08. The first-order valence-corrected chi connectivity index (χ1v) is 42.8. The zero-order chi connectivity index (χ0) is 99.0. The van der Waals surface area contributed by atoms with Crippen LogP contribution in [0.25, 0.3) is 91.0 Å². The molecule has 0 aliphatic rings. The largest absolute Gasteiger partial charge is 0.495 e. The summed E-state index contributed by atoms with van der Waals surface area (Å²) < 4.78 is 193. The van der Waals surface area contributed by atoms with E-state index >= 15 is 0 Å². The Morgan fingerprint density at radius 3 is 1.19 bits per heavy atom. The SMILES string of the molecule is COc1ccc(Nc2ccnc(-n3c(C(F)(F)F)nc4ccccc43)n2)cc1Cl.COc1ccc(Nc2ccnc(-n3c(C)nc4ccccc43)n2)cc1Cl.Cc1ccc(Nc2nc(-c3c(C(F)(F)F)nc4ccccn34)ncc2F)cc1.Cc1nc2ccccc2n1-c1nccc(Nc2ccc(C(F)(F)F)cc2)n1.FC(F)(F)c1nc2ccccn2c1-c1nccc(Nc2ccc(-n3cccn3)cc2)n1. The summed E-state index contributed by atoms with van der Waals surface area (Å²) in [4.78, 5) is 62.4. The molecule has 29 nitrogen and oxygen atoms in total. The van der Waals surface area contributed by atoms with Gasteiger partial charge in [-0.05, 0) is 209 Å². The molecule has 13 heterocycles. The molecule has 21 rings (SSSR count). The number of rotatable bonds is 18. The van der Waals surface area contributed by atoms with E-state index in [-0.39, 0.29) is 57.1 Å². The van der Waals surface area contributed by atoms with Gasteiger partial charge in [0.15, 0.2) is 34.7 Å². The van der Waals surface area contributed by atoms with Gasteiger partial charge < -0.3 is 36.1 Å². The molecule has 13 aromatic heterocycles. The lowest BCUT2D eigenvalue weighted by molar-refractivity contribution is -0.146. The predicted molar refractivity (Wildman–Crippen MR) is 505 cm³/mol. The summed E-state index contributed by atoms with van der Waals surface area (Å²) in [6, 6.07) is 69.2. The Labute approximate surface area is 799 Å². The van der Waals surface area contributed by atoms with Crippen molar-refractivity contribution in [1.82, 2.24) is 107 Å². The lowest BCUT2D eigenvalue weighted by Gasteiger charge is -2.12. The Balaban J connectivity index is 0.000000122. The Hall–Kier alpha value is -17.6. The molecule has 0 saturated heterocycles. The Bertz CT molecular complexity index is 8060. The summed E-state index contributed by atoms with van der Waals surface area (Å²) in [6.07, 6.45) is -5.05. The van der Waals surface area contributed by atoms with Gasteiger partial charge in [0.05, 0.1) is 74.8 Å². The Morgan fingerprint density at radius 2 is 0.745 bits per heavy atom. The minimum atomic E-state index is -4.72. The minimum Gasteiger partial charge on any atom is -0.495 e. The first-order valence-electron chi connectivity index (χ1n) is 42.0.